The van der Waals surface area contributed by atoms with Crippen molar-refractivity contribution in [1.82, 2.24) is 10.2 Å². The molecule has 0 saturated carbocycles. The van der Waals surface area contributed by atoms with E-state index in [2.05, 4.69) is 23.3 Å². The van der Waals surface area contributed by atoms with E-state index in [-0.39, 0.29) is 11.9 Å². The van der Waals surface area contributed by atoms with Gasteiger partial charge in [0.1, 0.15) is 0 Å². The highest BCUT2D eigenvalue weighted by Crippen LogP contribution is 2.25. The van der Waals surface area contributed by atoms with E-state index in [1.54, 1.807) is 18.2 Å². The quantitative estimate of drug-likeness (QED) is 0.850. The van der Waals surface area contributed by atoms with Gasteiger partial charge in [0.2, 0.25) is 0 Å². The van der Waals surface area contributed by atoms with Gasteiger partial charge in [-0.25, -0.2) is 0 Å². The molecule has 0 saturated heterocycles. The number of benzene rings is 2. The van der Waals surface area contributed by atoms with E-state index in [1.165, 1.54) is 11.1 Å². The van der Waals surface area contributed by atoms with E-state index in [4.69, 9.17) is 34.8 Å². The Balaban J connectivity index is 1.66. The van der Waals surface area contributed by atoms with Crippen molar-refractivity contribution in [2.75, 3.05) is 13.6 Å². The second-order valence-electron chi connectivity index (χ2n) is 6.03. The van der Waals surface area contributed by atoms with Crippen molar-refractivity contribution in [3.8, 4) is 0 Å². The summed E-state index contributed by atoms with van der Waals surface area (Å²) in [6.45, 7) is 1.40. The molecule has 2 aromatic carbocycles. The molecule has 0 unspecified atom stereocenters. The van der Waals surface area contributed by atoms with Crippen LogP contribution in [0.5, 0.6) is 0 Å². The summed E-state index contributed by atoms with van der Waals surface area (Å²) in [5.74, 6) is -0.154. The van der Waals surface area contributed by atoms with Gasteiger partial charge in [-0.3, -0.25) is 9.69 Å². The fourth-order valence-electron chi connectivity index (χ4n) is 2.92. The SMILES string of the molecule is CN1Cc2ccc(Cl)cc2C[C@@H]1CNC(=O)c1ccc(Cl)c(Cl)c1. The van der Waals surface area contributed by atoms with Crippen molar-refractivity contribution < 1.29 is 4.79 Å². The first-order valence-corrected chi connectivity index (χ1v) is 8.78. The Kier molecular flexibility index (Phi) is 5.36. The largest absolute Gasteiger partial charge is 0.350 e. The second-order valence-corrected chi connectivity index (χ2v) is 7.28. The summed E-state index contributed by atoms with van der Waals surface area (Å²) in [6, 6.07) is 11.1. The summed E-state index contributed by atoms with van der Waals surface area (Å²) < 4.78 is 0. The average Bonchev–Trinajstić information content (AvgIpc) is 2.55. The summed E-state index contributed by atoms with van der Waals surface area (Å²) in [6.07, 6.45) is 0.855. The number of hydrogen-bond donors (Lipinski definition) is 1. The molecule has 1 N–H and O–H groups in total. The number of halogens is 3. The van der Waals surface area contributed by atoms with Crippen molar-refractivity contribution in [2.45, 2.75) is 19.0 Å². The number of fused-ring (bicyclic) bond motifs is 1. The highest BCUT2D eigenvalue weighted by Gasteiger charge is 2.24. The van der Waals surface area contributed by atoms with Crippen LogP contribution in [0.1, 0.15) is 21.5 Å². The van der Waals surface area contributed by atoms with Crippen molar-refractivity contribution in [3.63, 3.8) is 0 Å². The lowest BCUT2D eigenvalue weighted by Gasteiger charge is -2.34. The molecule has 24 heavy (non-hydrogen) atoms. The minimum Gasteiger partial charge on any atom is -0.350 e. The molecule has 3 rings (SSSR count). The van der Waals surface area contributed by atoms with Crippen molar-refractivity contribution in [1.29, 1.82) is 0 Å². The molecule has 126 valence electrons. The Morgan fingerprint density at radius 2 is 1.92 bits per heavy atom. The molecule has 1 heterocycles. The van der Waals surface area contributed by atoms with Gasteiger partial charge in [0.15, 0.2) is 0 Å². The standard InChI is InChI=1S/C18H17Cl3N2O/c1-23-10-12-2-4-14(19)6-13(12)7-15(23)9-22-18(24)11-3-5-16(20)17(21)8-11/h2-6,8,15H,7,9-10H2,1H3,(H,22,24)/t15-/m1/s1. The topological polar surface area (TPSA) is 32.3 Å². The van der Waals surface area contributed by atoms with E-state index in [1.807, 2.05) is 12.1 Å². The maximum absolute atomic E-state index is 12.3. The number of nitrogens with zero attached hydrogens (tertiary/aromatic N) is 1. The molecule has 1 aliphatic heterocycles. The Hall–Kier alpha value is -1.26. The third-order valence-corrected chi connectivity index (χ3v) is 5.32. The van der Waals surface area contributed by atoms with Gasteiger partial charge >= 0.3 is 0 Å². The van der Waals surface area contributed by atoms with Gasteiger partial charge in [-0.2, -0.15) is 0 Å². The molecule has 6 heteroatoms. The van der Waals surface area contributed by atoms with Crippen LogP contribution < -0.4 is 5.32 Å². The van der Waals surface area contributed by atoms with Crippen LogP contribution in [0, 0.1) is 0 Å². The van der Waals surface area contributed by atoms with E-state index < -0.39 is 0 Å². The maximum atomic E-state index is 12.3. The molecular formula is C18H17Cl3N2O. The predicted molar refractivity (Wildman–Crippen MR) is 99.2 cm³/mol. The van der Waals surface area contributed by atoms with E-state index in [0.717, 1.165) is 18.0 Å². The first kappa shape index (κ1) is 17.6. The van der Waals surface area contributed by atoms with E-state index >= 15 is 0 Å². The predicted octanol–water partition coefficient (Wildman–Crippen LogP) is 4.43. The fraction of sp³-hybridized carbons (Fsp3) is 0.278. The Morgan fingerprint density at radius 1 is 1.12 bits per heavy atom. The molecule has 3 nitrogen and oxygen atoms in total. The normalized spacial score (nSPS) is 17.4. The smallest absolute Gasteiger partial charge is 0.251 e. The number of carbonyl (C=O) groups is 1. The Labute approximate surface area is 156 Å². The lowest BCUT2D eigenvalue weighted by atomic mass is 9.94. The zero-order valence-corrected chi connectivity index (χ0v) is 15.4. The number of nitrogens with one attached hydrogen (secondary N) is 1. The van der Waals surface area contributed by atoms with Gasteiger partial charge in [-0.15, -0.1) is 0 Å². The molecule has 0 fully saturated rings. The molecule has 0 bridgehead atoms. The molecule has 0 spiro atoms. The highest BCUT2D eigenvalue weighted by molar-refractivity contribution is 6.42. The molecule has 1 aliphatic rings. The number of hydrogen-bond acceptors (Lipinski definition) is 2. The molecular weight excluding hydrogens is 367 g/mol. The lowest BCUT2D eigenvalue weighted by molar-refractivity contribution is 0.0934. The van der Waals surface area contributed by atoms with Gasteiger partial charge in [0.05, 0.1) is 10.0 Å². The monoisotopic (exact) mass is 382 g/mol. The first-order valence-electron chi connectivity index (χ1n) is 7.65. The summed E-state index contributed by atoms with van der Waals surface area (Å²) in [5, 5.41) is 4.54. The number of likely N-dealkylation sites (N-methyl/N-ethyl adjacent to an activating group) is 1. The van der Waals surface area contributed by atoms with Crippen LogP contribution in [0.25, 0.3) is 0 Å². The summed E-state index contributed by atoms with van der Waals surface area (Å²) in [7, 11) is 2.06. The number of rotatable bonds is 3. The van der Waals surface area contributed by atoms with Gasteiger partial charge in [0.25, 0.3) is 5.91 Å². The van der Waals surface area contributed by atoms with Crippen LogP contribution >= 0.6 is 34.8 Å². The Morgan fingerprint density at radius 3 is 2.67 bits per heavy atom. The van der Waals surface area contributed by atoms with Crippen molar-refractivity contribution in [2.24, 2.45) is 0 Å². The third kappa shape index (κ3) is 3.86. The molecule has 0 radical (unpaired) electrons. The van der Waals surface area contributed by atoms with Gasteiger partial charge in [-0.05, 0) is 54.9 Å². The van der Waals surface area contributed by atoms with E-state index in [9.17, 15) is 4.79 Å². The Bertz CT molecular complexity index is 779. The molecule has 0 aliphatic carbocycles. The van der Waals surface area contributed by atoms with Crippen molar-refractivity contribution in [3.05, 3.63) is 68.2 Å². The van der Waals surface area contributed by atoms with Gasteiger partial charge in [-0.1, -0.05) is 40.9 Å². The van der Waals surface area contributed by atoms with Crippen molar-refractivity contribution >= 4 is 40.7 Å². The fourth-order valence-corrected chi connectivity index (χ4v) is 3.42. The minimum absolute atomic E-state index is 0.154. The van der Waals surface area contributed by atoms with Crippen LogP contribution in [0.4, 0.5) is 0 Å². The van der Waals surface area contributed by atoms with Crippen LogP contribution in [-0.2, 0) is 13.0 Å². The summed E-state index contributed by atoms with van der Waals surface area (Å²) in [4.78, 5) is 14.5. The van der Waals surface area contributed by atoms with Crippen LogP contribution in [0.3, 0.4) is 0 Å². The molecule has 0 aromatic heterocycles. The zero-order chi connectivity index (χ0) is 17.3. The number of carbonyl (C=O) groups excluding carboxylic acids is 1. The van der Waals surface area contributed by atoms with Gasteiger partial charge < -0.3 is 5.32 Å². The molecule has 1 amide bonds. The second kappa shape index (κ2) is 7.32. The first-order chi connectivity index (χ1) is 11.4. The summed E-state index contributed by atoms with van der Waals surface area (Å²) >= 11 is 17.9. The van der Waals surface area contributed by atoms with Gasteiger partial charge in [0, 0.05) is 29.7 Å². The molecule has 2 aromatic rings. The van der Waals surface area contributed by atoms with Crippen LogP contribution in [0.2, 0.25) is 15.1 Å². The summed E-state index contributed by atoms with van der Waals surface area (Å²) in [5.41, 5.74) is 3.04. The average molecular weight is 384 g/mol. The van der Waals surface area contributed by atoms with Crippen LogP contribution in [0.15, 0.2) is 36.4 Å². The minimum atomic E-state index is -0.154. The maximum Gasteiger partial charge on any atom is 0.251 e. The zero-order valence-electron chi connectivity index (χ0n) is 13.2. The molecule has 1 atom stereocenters. The number of amides is 1. The van der Waals surface area contributed by atoms with Crippen LogP contribution in [-0.4, -0.2) is 30.4 Å². The lowest BCUT2D eigenvalue weighted by Crippen LogP contribution is -2.45. The van der Waals surface area contributed by atoms with E-state index in [0.29, 0.717) is 22.2 Å². The third-order valence-electron chi connectivity index (χ3n) is 4.35. The highest BCUT2D eigenvalue weighted by atomic mass is 35.5.